The van der Waals surface area contributed by atoms with Crippen molar-refractivity contribution in [3.8, 4) is 6.07 Å². The fourth-order valence-electron chi connectivity index (χ4n) is 0.828. The van der Waals surface area contributed by atoms with Crippen LogP contribution < -0.4 is 5.32 Å². The Labute approximate surface area is 87.9 Å². The maximum Gasteiger partial charge on any atom is 0.324 e. The van der Waals surface area contributed by atoms with Crippen molar-refractivity contribution in [2.24, 2.45) is 0 Å². The maximum atomic E-state index is 12.5. The monoisotopic (exact) mass is 234 g/mol. The Bertz CT molecular complexity index is 401. The highest BCUT2D eigenvalue weighted by atomic mass is 19.3. The summed E-state index contributed by atoms with van der Waals surface area (Å²) in [4.78, 5) is 7.06. The molecular weight excluding hydrogens is 228 g/mol. The summed E-state index contributed by atoms with van der Waals surface area (Å²) in [6, 6.07) is 1.59. The molecule has 1 rings (SSSR count). The topological polar surface area (TPSA) is 61.6 Å². The van der Waals surface area contributed by atoms with Gasteiger partial charge >= 0.3 is 12.3 Å². The van der Waals surface area contributed by atoms with Crippen molar-refractivity contribution in [2.45, 2.75) is 12.3 Å². The highest BCUT2D eigenvalue weighted by molar-refractivity contribution is 5.46. The second-order valence-electron chi connectivity index (χ2n) is 2.78. The smallest absolute Gasteiger partial charge is 0.324 e. The minimum atomic E-state index is -4.18. The van der Waals surface area contributed by atoms with E-state index in [-0.39, 0.29) is 11.5 Å². The minimum absolute atomic E-state index is 0.229. The first kappa shape index (κ1) is 12.2. The van der Waals surface area contributed by atoms with E-state index in [0.717, 1.165) is 6.20 Å². The highest BCUT2D eigenvalue weighted by Crippen LogP contribution is 2.23. The van der Waals surface area contributed by atoms with Gasteiger partial charge < -0.3 is 5.32 Å². The minimum Gasteiger partial charge on any atom is -0.361 e. The fraction of sp³-hybridized carbons (Fsp3) is 0.375. The van der Waals surface area contributed by atoms with Crippen LogP contribution in [-0.2, 0) is 0 Å². The molecule has 1 aromatic heterocycles. The van der Waals surface area contributed by atoms with Gasteiger partial charge in [0.2, 0.25) is 0 Å². The molecule has 8 heteroatoms. The number of anilines is 1. The van der Waals surface area contributed by atoms with Gasteiger partial charge in [0.1, 0.15) is 6.07 Å². The second-order valence-corrected chi connectivity index (χ2v) is 2.78. The Morgan fingerprint density at radius 1 is 1.38 bits per heavy atom. The van der Waals surface area contributed by atoms with Crippen molar-refractivity contribution in [1.82, 2.24) is 9.97 Å². The average Bonchev–Trinajstić information content (AvgIpc) is 2.26. The zero-order valence-corrected chi connectivity index (χ0v) is 7.79. The summed E-state index contributed by atoms with van der Waals surface area (Å²) in [5.74, 6) is -4.42. The standard InChI is InChI=1S/C8H6F4N4/c9-7(10)8(11,12)4-16-6-5(3-13)14-1-2-15-6/h1-2,7H,4H2,(H,15,16). The van der Waals surface area contributed by atoms with Crippen LogP contribution in [0, 0.1) is 11.3 Å². The molecule has 1 aromatic rings. The molecule has 0 saturated carbocycles. The van der Waals surface area contributed by atoms with E-state index in [2.05, 4.69) is 9.97 Å². The first-order valence-corrected chi connectivity index (χ1v) is 4.08. The lowest BCUT2D eigenvalue weighted by atomic mass is 10.3. The van der Waals surface area contributed by atoms with Gasteiger partial charge in [-0.15, -0.1) is 0 Å². The quantitative estimate of drug-likeness (QED) is 0.805. The molecule has 86 valence electrons. The van der Waals surface area contributed by atoms with Gasteiger partial charge in [-0.2, -0.15) is 14.0 Å². The molecule has 4 nitrogen and oxygen atoms in total. The lowest BCUT2D eigenvalue weighted by Crippen LogP contribution is -2.35. The van der Waals surface area contributed by atoms with Gasteiger partial charge in [0.15, 0.2) is 11.5 Å². The van der Waals surface area contributed by atoms with Crippen molar-refractivity contribution in [3.05, 3.63) is 18.1 Å². The largest absolute Gasteiger partial charge is 0.361 e. The van der Waals surface area contributed by atoms with Gasteiger partial charge in [-0.05, 0) is 0 Å². The van der Waals surface area contributed by atoms with Gasteiger partial charge in [0.05, 0.1) is 6.54 Å². The van der Waals surface area contributed by atoms with Crippen molar-refractivity contribution >= 4 is 5.82 Å². The van der Waals surface area contributed by atoms with E-state index in [0.29, 0.717) is 0 Å². The Morgan fingerprint density at radius 2 is 2.00 bits per heavy atom. The van der Waals surface area contributed by atoms with Crippen LogP contribution in [0.25, 0.3) is 0 Å². The summed E-state index contributed by atoms with van der Waals surface area (Å²) in [7, 11) is 0. The van der Waals surface area contributed by atoms with Gasteiger partial charge in [0, 0.05) is 12.4 Å². The third-order valence-corrected chi connectivity index (χ3v) is 1.61. The van der Waals surface area contributed by atoms with Crippen molar-refractivity contribution in [2.75, 3.05) is 11.9 Å². The molecule has 0 bridgehead atoms. The van der Waals surface area contributed by atoms with E-state index in [1.54, 1.807) is 6.07 Å². The van der Waals surface area contributed by atoms with Gasteiger partial charge in [-0.1, -0.05) is 0 Å². The molecule has 0 amide bonds. The molecular formula is C8H6F4N4. The van der Waals surface area contributed by atoms with Crippen LogP contribution >= 0.6 is 0 Å². The highest BCUT2D eigenvalue weighted by Gasteiger charge is 2.40. The summed E-state index contributed by atoms with van der Waals surface area (Å²) < 4.78 is 48.7. The zero-order valence-electron chi connectivity index (χ0n) is 7.79. The average molecular weight is 234 g/mol. The number of aromatic nitrogens is 2. The van der Waals surface area contributed by atoms with Crippen molar-refractivity contribution in [3.63, 3.8) is 0 Å². The molecule has 0 aliphatic heterocycles. The molecule has 0 radical (unpaired) electrons. The normalized spacial score (nSPS) is 11.2. The predicted molar refractivity (Wildman–Crippen MR) is 46.2 cm³/mol. The van der Waals surface area contributed by atoms with Crippen LogP contribution in [0.5, 0.6) is 0 Å². The summed E-state index contributed by atoms with van der Waals surface area (Å²) in [5.41, 5.74) is -0.229. The number of hydrogen-bond acceptors (Lipinski definition) is 4. The molecule has 0 unspecified atom stereocenters. The second kappa shape index (κ2) is 4.74. The van der Waals surface area contributed by atoms with E-state index in [9.17, 15) is 17.6 Å². The van der Waals surface area contributed by atoms with Crippen LogP contribution in [0.4, 0.5) is 23.4 Å². The van der Waals surface area contributed by atoms with E-state index in [1.165, 1.54) is 6.20 Å². The number of hydrogen-bond donors (Lipinski definition) is 1. The van der Waals surface area contributed by atoms with Gasteiger partial charge in [-0.25, -0.2) is 18.7 Å². The molecule has 0 aliphatic carbocycles. The van der Waals surface area contributed by atoms with E-state index in [4.69, 9.17) is 5.26 Å². The van der Waals surface area contributed by atoms with Crippen molar-refractivity contribution in [1.29, 1.82) is 5.26 Å². The zero-order chi connectivity index (χ0) is 12.2. The number of nitriles is 1. The van der Waals surface area contributed by atoms with Crippen LogP contribution in [0.1, 0.15) is 5.69 Å². The SMILES string of the molecule is N#Cc1nccnc1NCC(F)(F)C(F)F. The first-order chi connectivity index (χ1) is 7.47. The number of rotatable bonds is 4. The Kier molecular flexibility index (Phi) is 3.60. The first-order valence-electron chi connectivity index (χ1n) is 4.08. The van der Waals surface area contributed by atoms with Crippen LogP contribution in [0.3, 0.4) is 0 Å². The Balaban J connectivity index is 2.72. The Morgan fingerprint density at radius 3 is 2.56 bits per heavy atom. The molecule has 1 N–H and O–H groups in total. The van der Waals surface area contributed by atoms with E-state index in [1.807, 2.05) is 5.32 Å². The molecule has 0 atom stereocenters. The fourth-order valence-corrected chi connectivity index (χ4v) is 0.828. The lowest BCUT2D eigenvalue weighted by molar-refractivity contribution is -0.117. The number of alkyl halides is 4. The van der Waals surface area contributed by atoms with Crippen LogP contribution in [0.2, 0.25) is 0 Å². The third kappa shape index (κ3) is 2.79. The Hall–Kier alpha value is -1.91. The number of nitrogens with zero attached hydrogens (tertiary/aromatic N) is 3. The lowest BCUT2D eigenvalue weighted by Gasteiger charge is -2.16. The maximum absolute atomic E-state index is 12.5. The molecule has 0 aliphatic rings. The van der Waals surface area contributed by atoms with E-state index >= 15 is 0 Å². The van der Waals surface area contributed by atoms with Gasteiger partial charge in [-0.3, -0.25) is 0 Å². The third-order valence-electron chi connectivity index (χ3n) is 1.61. The predicted octanol–water partition coefficient (Wildman–Crippen LogP) is 1.66. The molecule has 0 spiro atoms. The molecule has 0 saturated heterocycles. The summed E-state index contributed by atoms with van der Waals surface area (Å²) in [5, 5.41) is 10.5. The van der Waals surface area contributed by atoms with Gasteiger partial charge in [0.25, 0.3) is 0 Å². The summed E-state index contributed by atoms with van der Waals surface area (Å²) >= 11 is 0. The number of halogens is 4. The molecule has 16 heavy (non-hydrogen) atoms. The summed E-state index contributed by atoms with van der Waals surface area (Å²) in [6.45, 7) is -1.31. The van der Waals surface area contributed by atoms with E-state index < -0.39 is 18.9 Å². The van der Waals surface area contributed by atoms with Crippen molar-refractivity contribution < 1.29 is 17.6 Å². The van der Waals surface area contributed by atoms with Crippen LogP contribution in [0.15, 0.2) is 12.4 Å². The molecule has 0 fully saturated rings. The van der Waals surface area contributed by atoms with Crippen LogP contribution in [-0.4, -0.2) is 28.9 Å². The number of nitrogens with one attached hydrogen (secondary N) is 1. The molecule has 1 heterocycles. The summed E-state index contributed by atoms with van der Waals surface area (Å²) in [6.07, 6.45) is -1.43. The molecule has 0 aromatic carbocycles.